The fraction of sp³-hybridized carbons (Fsp3) is 0.103. The zero-order valence-electron chi connectivity index (χ0n) is 34.0. The van der Waals surface area contributed by atoms with E-state index in [-0.39, 0.29) is 10.8 Å². The molecule has 59 heavy (non-hydrogen) atoms. The normalized spacial score (nSPS) is 14.0. The van der Waals surface area contributed by atoms with Crippen LogP contribution in [-0.2, 0) is 10.8 Å². The summed E-state index contributed by atoms with van der Waals surface area (Å²) in [5.74, 6) is 0. The Balaban J connectivity index is 1.27. The van der Waals surface area contributed by atoms with Gasteiger partial charge in [-0.1, -0.05) is 191 Å². The van der Waals surface area contributed by atoms with E-state index in [4.69, 9.17) is 0 Å². The van der Waals surface area contributed by atoms with Crippen LogP contribution in [0.25, 0.3) is 66.4 Å². The van der Waals surface area contributed by atoms with E-state index in [9.17, 15) is 0 Å². The molecule has 0 spiro atoms. The molecule has 282 valence electrons. The van der Waals surface area contributed by atoms with Crippen LogP contribution in [0.2, 0.25) is 0 Å². The predicted octanol–water partition coefficient (Wildman–Crippen LogP) is 15.9. The average molecular weight is 756 g/mol. The molecule has 11 rings (SSSR count). The van der Waals surface area contributed by atoms with Gasteiger partial charge in [0.15, 0.2) is 0 Å². The van der Waals surface area contributed by atoms with Crippen molar-refractivity contribution < 1.29 is 0 Å². The fourth-order valence-electron chi connectivity index (χ4n) is 10.2. The van der Waals surface area contributed by atoms with E-state index in [0.717, 1.165) is 17.1 Å². The van der Waals surface area contributed by atoms with E-state index < -0.39 is 0 Å². The number of nitrogens with zero attached hydrogens (tertiary/aromatic N) is 1. The van der Waals surface area contributed by atoms with E-state index in [2.05, 4.69) is 233 Å². The van der Waals surface area contributed by atoms with Gasteiger partial charge in [0, 0.05) is 33.3 Å². The summed E-state index contributed by atoms with van der Waals surface area (Å²) >= 11 is 0. The Bertz CT molecular complexity index is 2980. The van der Waals surface area contributed by atoms with Crippen LogP contribution in [0.5, 0.6) is 0 Å². The second-order valence-electron chi connectivity index (χ2n) is 17.3. The average Bonchev–Trinajstić information content (AvgIpc) is 3.66. The standard InChI is InChI=1S/C58H45N/c1-57(2)52-28-15-13-25-46(52)48-32-30-42(36-54(48)57)59(43-31-33-49-47-26-14-16-29-53(47)58(3,4)55(49)37-43)56-50(40-20-9-6-10-21-40)34-41(38-18-7-5-8-19-38)35-51(56)45-27-17-23-39-22-11-12-24-44(39)45/h5-37H,1-4H3. The highest BCUT2D eigenvalue weighted by Crippen LogP contribution is 2.56. The van der Waals surface area contributed by atoms with Gasteiger partial charge >= 0.3 is 0 Å². The van der Waals surface area contributed by atoms with Crippen molar-refractivity contribution in [3.05, 3.63) is 222 Å². The van der Waals surface area contributed by atoms with Crippen LogP contribution < -0.4 is 4.90 Å². The van der Waals surface area contributed by atoms with Gasteiger partial charge in [-0.2, -0.15) is 0 Å². The molecule has 2 aliphatic carbocycles. The molecule has 0 aliphatic heterocycles. The number of rotatable bonds is 6. The smallest absolute Gasteiger partial charge is 0.0619 e. The van der Waals surface area contributed by atoms with Gasteiger partial charge in [0.05, 0.1) is 5.69 Å². The first-order valence-corrected chi connectivity index (χ1v) is 20.8. The summed E-state index contributed by atoms with van der Waals surface area (Å²) < 4.78 is 0. The SMILES string of the molecule is CC1(C)c2ccccc2-c2ccc(N(c3ccc4c(c3)C(C)(C)c3ccccc3-4)c3c(-c4ccccc4)cc(-c4ccccc4)cc3-c3cccc4ccccc34)cc21. The molecule has 0 heterocycles. The second kappa shape index (κ2) is 13.3. The molecule has 0 N–H and O–H groups in total. The lowest BCUT2D eigenvalue weighted by atomic mass is 9.81. The first kappa shape index (κ1) is 35.2. The third-order valence-corrected chi connectivity index (χ3v) is 13.3. The third-order valence-electron chi connectivity index (χ3n) is 13.3. The molecule has 9 aromatic carbocycles. The highest BCUT2D eigenvalue weighted by molar-refractivity contribution is 6.07. The maximum atomic E-state index is 2.58. The number of anilines is 3. The minimum absolute atomic E-state index is 0.160. The van der Waals surface area contributed by atoms with Crippen LogP contribution in [0.15, 0.2) is 200 Å². The minimum Gasteiger partial charge on any atom is -0.309 e. The fourth-order valence-corrected chi connectivity index (χ4v) is 10.2. The van der Waals surface area contributed by atoms with Crippen molar-refractivity contribution in [2.75, 3.05) is 4.90 Å². The second-order valence-corrected chi connectivity index (χ2v) is 17.3. The Morgan fingerprint density at radius 3 is 1.37 bits per heavy atom. The van der Waals surface area contributed by atoms with E-state index in [1.807, 2.05) is 0 Å². The monoisotopic (exact) mass is 755 g/mol. The Labute approximate surface area is 347 Å². The first-order chi connectivity index (χ1) is 28.8. The van der Waals surface area contributed by atoms with Crippen molar-refractivity contribution in [2.45, 2.75) is 38.5 Å². The van der Waals surface area contributed by atoms with E-state index in [0.29, 0.717) is 0 Å². The van der Waals surface area contributed by atoms with Crippen LogP contribution in [0.3, 0.4) is 0 Å². The van der Waals surface area contributed by atoms with Gasteiger partial charge < -0.3 is 4.90 Å². The van der Waals surface area contributed by atoms with Crippen LogP contribution in [-0.4, -0.2) is 0 Å². The lowest BCUT2D eigenvalue weighted by Crippen LogP contribution is -2.18. The van der Waals surface area contributed by atoms with E-state index in [1.165, 1.54) is 88.7 Å². The number of fused-ring (bicyclic) bond motifs is 7. The molecule has 0 saturated carbocycles. The molecule has 0 saturated heterocycles. The summed E-state index contributed by atoms with van der Waals surface area (Å²) in [5.41, 5.74) is 21.0. The van der Waals surface area contributed by atoms with Crippen molar-refractivity contribution in [1.29, 1.82) is 0 Å². The highest BCUT2D eigenvalue weighted by atomic mass is 15.1. The molecule has 0 bridgehead atoms. The lowest BCUT2D eigenvalue weighted by molar-refractivity contribution is 0.660. The van der Waals surface area contributed by atoms with Gasteiger partial charge in [-0.15, -0.1) is 0 Å². The van der Waals surface area contributed by atoms with E-state index in [1.54, 1.807) is 0 Å². The van der Waals surface area contributed by atoms with Crippen molar-refractivity contribution in [3.8, 4) is 55.6 Å². The van der Waals surface area contributed by atoms with Gasteiger partial charge in [-0.3, -0.25) is 0 Å². The summed E-state index contributed by atoms with van der Waals surface area (Å²) in [6, 6.07) is 74.6. The summed E-state index contributed by atoms with van der Waals surface area (Å²) in [6.45, 7) is 9.53. The Morgan fingerprint density at radius 1 is 0.305 bits per heavy atom. The molecule has 0 aromatic heterocycles. The summed E-state index contributed by atoms with van der Waals surface area (Å²) in [7, 11) is 0. The van der Waals surface area contributed by atoms with Crippen LogP contribution in [0, 0.1) is 0 Å². The van der Waals surface area contributed by atoms with Crippen molar-refractivity contribution in [1.82, 2.24) is 0 Å². The van der Waals surface area contributed by atoms with Gasteiger partial charge in [0.25, 0.3) is 0 Å². The third kappa shape index (κ3) is 5.45. The van der Waals surface area contributed by atoms with Gasteiger partial charge in [0.2, 0.25) is 0 Å². The molecule has 0 radical (unpaired) electrons. The molecule has 1 nitrogen and oxygen atoms in total. The van der Waals surface area contributed by atoms with Crippen molar-refractivity contribution >= 4 is 27.8 Å². The Hall–Kier alpha value is -6.96. The molecule has 1 heteroatoms. The minimum atomic E-state index is -0.160. The quantitative estimate of drug-likeness (QED) is 0.163. The zero-order chi connectivity index (χ0) is 39.9. The zero-order valence-corrected chi connectivity index (χ0v) is 34.0. The Morgan fingerprint density at radius 2 is 0.763 bits per heavy atom. The maximum absolute atomic E-state index is 2.58. The van der Waals surface area contributed by atoms with Crippen molar-refractivity contribution in [2.24, 2.45) is 0 Å². The molecular formula is C58H45N. The number of hydrogen-bond donors (Lipinski definition) is 0. The van der Waals surface area contributed by atoms with Gasteiger partial charge in [0.1, 0.15) is 0 Å². The topological polar surface area (TPSA) is 3.24 Å². The van der Waals surface area contributed by atoms with Gasteiger partial charge in [-0.05, 0) is 114 Å². The molecule has 2 aliphatic rings. The van der Waals surface area contributed by atoms with Crippen LogP contribution in [0.1, 0.15) is 49.9 Å². The molecule has 0 atom stereocenters. The van der Waals surface area contributed by atoms with Crippen LogP contribution >= 0.6 is 0 Å². The molecular weight excluding hydrogens is 711 g/mol. The predicted molar refractivity (Wildman–Crippen MR) is 250 cm³/mol. The lowest BCUT2D eigenvalue weighted by Gasteiger charge is -2.33. The summed E-state index contributed by atoms with van der Waals surface area (Å²) in [6.07, 6.45) is 0. The number of hydrogen-bond acceptors (Lipinski definition) is 1. The molecule has 0 amide bonds. The summed E-state index contributed by atoms with van der Waals surface area (Å²) in [5, 5.41) is 2.46. The summed E-state index contributed by atoms with van der Waals surface area (Å²) in [4.78, 5) is 2.58. The first-order valence-electron chi connectivity index (χ1n) is 20.8. The Kier molecular flexibility index (Phi) is 7.94. The largest absolute Gasteiger partial charge is 0.309 e. The van der Waals surface area contributed by atoms with Crippen LogP contribution in [0.4, 0.5) is 17.1 Å². The maximum Gasteiger partial charge on any atom is 0.0619 e. The van der Waals surface area contributed by atoms with Crippen molar-refractivity contribution in [3.63, 3.8) is 0 Å². The number of benzene rings is 9. The van der Waals surface area contributed by atoms with E-state index >= 15 is 0 Å². The highest BCUT2D eigenvalue weighted by Gasteiger charge is 2.38. The molecule has 0 fully saturated rings. The van der Waals surface area contributed by atoms with Gasteiger partial charge in [-0.25, -0.2) is 0 Å². The molecule has 9 aromatic rings. The molecule has 0 unspecified atom stereocenters.